The van der Waals surface area contributed by atoms with E-state index in [-0.39, 0.29) is 0 Å². The summed E-state index contributed by atoms with van der Waals surface area (Å²) in [6.07, 6.45) is 27.6. The molecule has 194 valence electrons. The third-order valence-electron chi connectivity index (χ3n) is 6.57. The van der Waals surface area contributed by atoms with E-state index in [4.69, 9.17) is 0 Å². The van der Waals surface area contributed by atoms with Crippen molar-refractivity contribution < 1.29 is 0 Å². The zero-order valence-electron chi connectivity index (χ0n) is 24.0. The van der Waals surface area contributed by atoms with Crippen LogP contribution >= 0.6 is 0 Å². The molecule has 2 aromatic rings. The topological polar surface area (TPSA) is 0 Å². The SMILES string of the molecule is C=CC(=C\C=C/C)/C(C)=C/C(=C\CC(/C=C\C)=C/C)c1cccc(B(C)C/C=C\C=c2\ccccc2=C)c1. The van der Waals surface area contributed by atoms with Gasteiger partial charge in [0.2, 0.25) is 0 Å². The number of rotatable bonds is 12. The minimum atomic E-state index is 0.411. The smallest absolute Gasteiger partial charge is 0.0985 e. The second-order valence-electron chi connectivity index (χ2n) is 9.46. The van der Waals surface area contributed by atoms with Gasteiger partial charge in [-0.25, -0.2) is 0 Å². The van der Waals surface area contributed by atoms with Crippen molar-refractivity contribution in [3.63, 3.8) is 0 Å². The van der Waals surface area contributed by atoms with Gasteiger partial charge in [0.05, 0.1) is 0 Å². The molecule has 0 radical (unpaired) electrons. The lowest BCUT2D eigenvalue weighted by atomic mass is 9.44. The highest BCUT2D eigenvalue weighted by Gasteiger charge is 2.10. The Hall–Kier alpha value is -3.84. The lowest BCUT2D eigenvalue weighted by Crippen LogP contribution is -2.25. The summed E-state index contributed by atoms with van der Waals surface area (Å²) in [5.74, 6) is 0. The Morgan fingerprint density at radius 2 is 1.76 bits per heavy atom. The second-order valence-corrected chi connectivity index (χ2v) is 9.46. The minimum absolute atomic E-state index is 0.411. The average molecular weight is 499 g/mol. The van der Waals surface area contributed by atoms with Crippen molar-refractivity contribution in [2.45, 2.75) is 47.3 Å². The molecule has 2 aromatic carbocycles. The molecule has 38 heavy (non-hydrogen) atoms. The normalized spacial score (nSPS) is 14.3. The van der Waals surface area contributed by atoms with Crippen LogP contribution in [0.4, 0.5) is 0 Å². The maximum absolute atomic E-state index is 4.11. The fourth-order valence-corrected chi connectivity index (χ4v) is 4.17. The van der Waals surface area contributed by atoms with Gasteiger partial charge in [0, 0.05) is 0 Å². The van der Waals surface area contributed by atoms with E-state index in [1.54, 1.807) is 0 Å². The molecule has 0 nitrogen and oxygen atoms in total. The third kappa shape index (κ3) is 9.90. The molecule has 0 spiro atoms. The monoisotopic (exact) mass is 498 g/mol. The first-order chi connectivity index (χ1) is 18.4. The summed E-state index contributed by atoms with van der Waals surface area (Å²) in [5, 5.41) is 2.22. The van der Waals surface area contributed by atoms with Crippen molar-refractivity contribution in [3.05, 3.63) is 155 Å². The molecular weight excluding hydrogens is 455 g/mol. The van der Waals surface area contributed by atoms with E-state index in [9.17, 15) is 0 Å². The zero-order chi connectivity index (χ0) is 27.8. The molecule has 0 heterocycles. The molecule has 0 saturated carbocycles. The van der Waals surface area contributed by atoms with Crippen LogP contribution in [0.3, 0.4) is 0 Å². The van der Waals surface area contributed by atoms with Gasteiger partial charge in [0.1, 0.15) is 0 Å². The van der Waals surface area contributed by atoms with Crippen molar-refractivity contribution >= 4 is 30.4 Å². The predicted molar refractivity (Wildman–Crippen MR) is 175 cm³/mol. The van der Waals surface area contributed by atoms with Crippen LogP contribution in [0.5, 0.6) is 0 Å². The largest absolute Gasteiger partial charge is 0.176 e. The minimum Gasteiger partial charge on any atom is -0.0985 e. The summed E-state index contributed by atoms with van der Waals surface area (Å²) in [7, 11) is 0. The van der Waals surface area contributed by atoms with Crippen LogP contribution in [-0.4, -0.2) is 6.71 Å². The summed E-state index contributed by atoms with van der Waals surface area (Å²) in [6.45, 7) is 19.2. The van der Waals surface area contributed by atoms with Crippen molar-refractivity contribution in [3.8, 4) is 0 Å². The molecule has 1 heteroatoms. The van der Waals surface area contributed by atoms with Crippen LogP contribution in [0.2, 0.25) is 13.1 Å². The summed E-state index contributed by atoms with van der Waals surface area (Å²) >= 11 is 0. The van der Waals surface area contributed by atoms with Gasteiger partial charge in [0.15, 0.2) is 6.71 Å². The molecular formula is C37H43B. The van der Waals surface area contributed by atoms with E-state index in [0.29, 0.717) is 6.71 Å². The fraction of sp³-hybridized carbons (Fsp3) is 0.189. The van der Waals surface area contributed by atoms with Gasteiger partial charge in [-0.3, -0.25) is 0 Å². The van der Waals surface area contributed by atoms with Gasteiger partial charge in [0.25, 0.3) is 0 Å². The van der Waals surface area contributed by atoms with Crippen molar-refractivity contribution in [2.75, 3.05) is 0 Å². The maximum atomic E-state index is 4.11. The Morgan fingerprint density at radius 3 is 2.45 bits per heavy atom. The molecule has 0 aliphatic heterocycles. The van der Waals surface area contributed by atoms with Gasteiger partial charge in [-0.1, -0.05) is 153 Å². The van der Waals surface area contributed by atoms with E-state index in [1.807, 2.05) is 31.2 Å². The molecule has 0 bridgehead atoms. The Morgan fingerprint density at radius 1 is 0.974 bits per heavy atom. The Labute approximate surface area is 232 Å². The highest BCUT2D eigenvalue weighted by molar-refractivity contribution is 6.72. The number of allylic oxidation sites excluding steroid dienone is 15. The number of hydrogen-bond donors (Lipinski definition) is 0. The van der Waals surface area contributed by atoms with Gasteiger partial charge in [-0.05, 0) is 72.4 Å². The Bertz CT molecular complexity index is 1390. The van der Waals surface area contributed by atoms with E-state index < -0.39 is 0 Å². The summed E-state index contributed by atoms with van der Waals surface area (Å²) in [6, 6.07) is 17.2. The van der Waals surface area contributed by atoms with E-state index >= 15 is 0 Å². The van der Waals surface area contributed by atoms with Crippen molar-refractivity contribution in [1.29, 1.82) is 0 Å². The first-order valence-corrected chi connectivity index (χ1v) is 13.6. The van der Waals surface area contributed by atoms with Gasteiger partial charge < -0.3 is 0 Å². The van der Waals surface area contributed by atoms with Crippen LogP contribution in [-0.2, 0) is 0 Å². The lowest BCUT2D eigenvalue weighted by Gasteiger charge is -2.12. The van der Waals surface area contributed by atoms with Crippen LogP contribution in [0, 0.1) is 0 Å². The highest BCUT2D eigenvalue weighted by Crippen LogP contribution is 2.23. The molecule has 0 unspecified atom stereocenters. The van der Waals surface area contributed by atoms with Gasteiger partial charge in [-0.15, -0.1) is 0 Å². The highest BCUT2D eigenvalue weighted by atomic mass is 14.1. The van der Waals surface area contributed by atoms with Crippen LogP contribution < -0.4 is 15.9 Å². The van der Waals surface area contributed by atoms with E-state index in [2.05, 4.69) is 138 Å². The van der Waals surface area contributed by atoms with Crippen LogP contribution in [0.1, 0.15) is 39.7 Å². The standard InChI is InChI=1S/C37H43B/c1-8-12-20-33(11-4)31(6)28-36(26-25-32(10-3)18-9-2)35-23-17-24-37(29-35)38(7)27-16-15-22-34-21-14-13-19-30(34)5/h8-24,26,28-29H,4-5,25,27H2,1-3,6-7H3/b12-8-,16-15-,18-9-,31-28+,32-10+,33-20+,34-22-,36-26+. The van der Waals surface area contributed by atoms with E-state index in [1.165, 1.54) is 27.7 Å². The molecule has 0 aliphatic rings. The molecule has 0 aliphatic carbocycles. The molecule has 0 N–H and O–H groups in total. The van der Waals surface area contributed by atoms with Gasteiger partial charge in [-0.2, -0.15) is 0 Å². The quantitative estimate of drug-likeness (QED) is 0.204. The Balaban J connectivity index is 2.39. The maximum Gasteiger partial charge on any atom is 0.176 e. The fourth-order valence-electron chi connectivity index (χ4n) is 4.17. The lowest BCUT2D eigenvalue weighted by molar-refractivity contribution is 1.27. The average Bonchev–Trinajstić information content (AvgIpc) is 2.93. The summed E-state index contributed by atoms with van der Waals surface area (Å²) in [4.78, 5) is 0. The molecule has 0 atom stereocenters. The summed E-state index contributed by atoms with van der Waals surface area (Å²) < 4.78 is 0. The van der Waals surface area contributed by atoms with Crippen molar-refractivity contribution in [2.24, 2.45) is 0 Å². The zero-order valence-corrected chi connectivity index (χ0v) is 24.0. The molecule has 0 fully saturated rings. The van der Waals surface area contributed by atoms with Crippen LogP contribution in [0.25, 0.3) is 18.2 Å². The number of benzene rings is 2. The van der Waals surface area contributed by atoms with E-state index in [0.717, 1.165) is 28.8 Å². The molecule has 2 rings (SSSR count). The molecule has 0 aromatic heterocycles. The number of hydrogen-bond acceptors (Lipinski definition) is 0. The third-order valence-corrected chi connectivity index (χ3v) is 6.57. The molecule has 0 amide bonds. The van der Waals surface area contributed by atoms with Crippen LogP contribution in [0.15, 0.2) is 139 Å². The van der Waals surface area contributed by atoms with Gasteiger partial charge >= 0.3 is 0 Å². The summed E-state index contributed by atoms with van der Waals surface area (Å²) in [5.41, 5.74) is 7.43. The Kier molecular flexibility index (Phi) is 13.5. The molecule has 0 saturated heterocycles. The second kappa shape index (κ2) is 16.8. The first-order valence-electron chi connectivity index (χ1n) is 13.6. The first kappa shape index (κ1) is 30.4. The predicted octanol–water partition coefficient (Wildman–Crippen LogP) is 8.40. The van der Waals surface area contributed by atoms with Crippen molar-refractivity contribution in [1.82, 2.24) is 0 Å².